The zero-order valence-corrected chi connectivity index (χ0v) is 17.6. The van der Waals surface area contributed by atoms with E-state index in [1.807, 2.05) is 37.3 Å². The molecule has 0 unspecified atom stereocenters. The Morgan fingerprint density at radius 1 is 1.07 bits per heavy atom. The molecule has 1 fully saturated rings. The highest BCUT2D eigenvalue weighted by Crippen LogP contribution is 2.22. The monoisotopic (exact) mass is 407 g/mol. The highest BCUT2D eigenvalue weighted by molar-refractivity contribution is 6.06. The number of nitrogens with one attached hydrogen (secondary N) is 1. The highest BCUT2D eigenvalue weighted by Gasteiger charge is 2.33. The minimum Gasteiger partial charge on any atom is -0.342 e. The molecule has 0 radical (unpaired) electrons. The van der Waals surface area contributed by atoms with Crippen LogP contribution in [-0.4, -0.2) is 42.3 Å². The van der Waals surface area contributed by atoms with Crippen molar-refractivity contribution in [2.24, 2.45) is 5.92 Å². The van der Waals surface area contributed by atoms with Crippen molar-refractivity contribution in [3.63, 3.8) is 0 Å². The first-order valence-corrected chi connectivity index (χ1v) is 10.6. The Balaban J connectivity index is 1.61. The van der Waals surface area contributed by atoms with E-state index in [1.165, 1.54) is 0 Å². The van der Waals surface area contributed by atoms with Gasteiger partial charge in [0.25, 0.3) is 5.91 Å². The van der Waals surface area contributed by atoms with Crippen molar-refractivity contribution in [3.8, 4) is 0 Å². The Kier molecular flexibility index (Phi) is 7.22. The molecular formula is C24H29N3O3. The van der Waals surface area contributed by atoms with Crippen LogP contribution >= 0.6 is 0 Å². The van der Waals surface area contributed by atoms with Gasteiger partial charge in [0.1, 0.15) is 0 Å². The van der Waals surface area contributed by atoms with Crippen LogP contribution < -0.4 is 10.2 Å². The van der Waals surface area contributed by atoms with E-state index < -0.39 is 0 Å². The van der Waals surface area contributed by atoms with Gasteiger partial charge in [-0.15, -0.1) is 0 Å². The molecule has 0 aliphatic carbocycles. The molecule has 1 aliphatic heterocycles. The van der Waals surface area contributed by atoms with Crippen LogP contribution in [0.25, 0.3) is 0 Å². The molecule has 0 spiro atoms. The lowest BCUT2D eigenvalue weighted by Crippen LogP contribution is -2.30. The molecule has 158 valence electrons. The van der Waals surface area contributed by atoms with Crippen molar-refractivity contribution in [2.45, 2.75) is 33.1 Å². The number of hydrogen-bond acceptors (Lipinski definition) is 3. The van der Waals surface area contributed by atoms with Gasteiger partial charge in [0.15, 0.2) is 0 Å². The molecule has 1 aliphatic rings. The van der Waals surface area contributed by atoms with Crippen LogP contribution in [0.4, 0.5) is 11.4 Å². The lowest BCUT2D eigenvalue weighted by Gasteiger charge is -2.21. The molecule has 2 aromatic carbocycles. The first-order valence-electron chi connectivity index (χ1n) is 10.6. The number of carbonyl (C=O) groups excluding carboxylic acids is 3. The third-order valence-electron chi connectivity index (χ3n) is 5.40. The minimum absolute atomic E-state index is 0.0464. The first-order chi connectivity index (χ1) is 14.5. The van der Waals surface area contributed by atoms with E-state index >= 15 is 0 Å². The van der Waals surface area contributed by atoms with E-state index in [4.69, 9.17) is 0 Å². The van der Waals surface area contributed by atoms with Crippen LogP contribution in [0, 0.1) is 5.92 Å². The summed E-state index contributed by atoms with van der Waals surface area (Å²) < 4.78 is 0. The molecule has 1 N–H and O–H groups in total. The fourth-order valence-electron chi connectivity index (χ4n) is 3.66. The second-order valence-corrected chi connectivity index (χ2v) is 7.55. The van der Waals surface area contributed by atoms with Gasteiger partial charge >= 0.3 is 0 Å². The van der Waals surface area contributed by atoms with E-state index in [0.717, 1.165) is 18.5 Å². The number of likely N-dealkylation sites (tertiary alicyclic amines) is 1. The van der Waals surface area contributed by atoms with Crippen molar-refractivity contribution in [2.75, 3.05) is 29.9 Å². The van der Waals surface area contributed by atoms with Gasteiger partial charge in [-0.1, -0.05) is 31.5 Å². The Labute approximate surface area is 177 Å². The van der Waals surface area contributed by atoms with Gasteiger partial charge in [-0.25, -0.2) is 0 Å². The summed E-state index contributed by atoms with van der Waals surface area (Å²) in [6, 6.07) is 16.4. The molecule has 6 nitrogen and oxygen atoms in total. The smallest absolute Gasteiger partial charge is 0.258 e. The van der Waals surface area contributed by atoms with Crippen LogP contribution in [0.2, 0.25) is 0 Å². The van der Waals surface area contributed by atoms with Gasteiger partial charge in [-0.05, 0) is 49.7 Å². The molecule has 1 heterocycles. The lowest BCUT2D eigenvalue weighted by molar-refractivity contribution is -0.128. The third-order valence-corrected chi connectivity index (χ3v) is 5.40. The predicted octanol–water partition coefficient (Wildman–Crippen LogP) is 3.94. The SMILES string of the molecule is CCCCN1C[C@H](C(=O)Nc2ccc(C(=O)N(CC)c3ccccc3)cc2)CC1=O. The molecule has 3 rings (SSSR count). The molecular weight excluding hydrogens is 378 g/mol. The maximum absolute atomic E-state index is 12.9. The normalized spacial score (nSPS) is 15.9. The van der Waals surface area contributed by atoms with Crippen molar-refractivity contribution in [1.82, 2.24) is 4.90 Å². The van der Waals surface area contributed by atoms with E-state index in [1.54, 1.807) is 34.1 Å². The lowest BCUT2D eigenvalue weighted by atomic mass is 10.1. The van der Waals surface area contributed by atoms with Crippen molar-refractivity contribution >= 4 is 29.1 Å². The Morgan fingerprint density at radius 2 is 1.77 bits per heavy atom. The summed E-state index contributed by atoms with van der Waals surface area (Å²) in [5.74, 6) is -0.523. The maximum atomic E-state index is 12.9. The van der Waals surface area contributed by atoms with Crippen LogP contribution in [0.1, 0.15) is 43.5 Å². The second kappa shape index (κ2) is 10.1. The van der Waals surface area contributed by atoms with Crippen LogP contribution in [-0.2, 0) is 9.59 Å². The zero-order valence-electron chi connectivity index (χ0n) is 17.6. The standard InChI is InChI=1S/C24H29N3O3/c1-3-5-15-26-17-19(16-22(26)28)23(29)25-20-13-11-18(12-14-20)24(30)27(4-2)21-9-7-6-8-10-21/h6-14,19H,3-5,15-17H2,1-2H3,(H,25,29)/t19-/m1/s1. The van der Waals surface area contributed by atoms with Gasteiger partial charge < -0.3 is 15.1 Å². The Hall–Kier alpha value is -3.15. The topological polar surface area (TPSA) is 69.7 Å². The highest BCUT2D eigenvalue weighted by atomic mass is 16.2. The zero-order chi connectivity index (χ0) is 21.5. The number of benzene rings is 2. The summed E-state index contributed by atoms with van der Waals surface area (Å²) in [6.45, 7) is 5.77. The third kappa shape index (κ3) is 5.06. The molecule has 3 amide bonds. The number of rotatable bonds is 8. The molecule has 2 aromatic rings. The molecule has 1 saturated heterocycles. The number of anilines is 2. The summed E-state index contributed by atoms with van der Waals surface area (Å²) >= 11 is 0. The number of amides is 3. The van der Waals surface area contributed by atoms with Gasteiger partial charge in [0.2, 0.25) is 11.8 Å². The number of nitrogens with zero attached hydrogens (tertiary/aromatic N) is 2. The molecule has 1 atom stereocenters. The number of carbonyl (C=O) groups is 3. The van der Waals surface area contributed by atoms with Crippen LogP contribution in [0.3, 0.4) is 0 Å². The number of hydrogen-bond donors (Lipinski definition) is 1. The molecule has 0 bridgehead atoms. The number of unbranched alkanes of at least 4 members (excludes halogenated alkanes) is 1. The average Bonchev–Trinajstić information content (AvgIpc) is 3.14. The molecule has 0 saturated carbocycles. The van der Waals surface area contributed by atoms with Crippen molar-refractivity contribution < 1.29 is 14.4 Å². The van der Waals surface area contributed by atoms with Crippen molar-refractivity contribution in [3.05, 3.63) is 60.2 Å². The predicted molar refractivity (Wildman–Crippen MR) is 118 cm³/mol. The summed E-state index contributed by atoms with van der Waals surface area (Å²) in [5, 5.41) is 2.88. The van der Waals surface area contributed by atoms with E-state index in [0.29, 0.717) is 30.9 Å². The summed E-state index contributed by atoms with van der Waals surface area (Å²) in [4.78, 5) is 41.0. The molecule has 0 aromatic heterocycles. The van der Waals surface area contributed by atoms with Crippen molar-refractivity contribution in [1.29, 1.82) is 0 Å². The average molecular weight is 408 g/mol. The maximum Gasteiger partial charge on any atom is 0.258 e. The summed E-state index contributed by atoms with van der Waals surface area (Å²) in [5.41, 5.74) is 2.03. The van der Waals surface area contributed by atoms with Crippen LogP contribution in [0.15, 0.2) is 54.6 Å². The Morgan fingerprint density at radius 3 is 2.40 bits per heavy atom. The van der Waals surface area contributed by atoms with Gasteiger partial charge in [0.05, 0.1) is 5.92 Å². The van der Waals surface area contributed by atoms with Gasteiger partial charge in [0, 0.05) is 43.0 Å². The van der Waals surface area contributed by atoms with Crippen LogP contribution in [0.5, 0.6) is 0 Å². The first kappa shape index (κ1) is 21.6. The van der Waals surface area contributed by atoms with Gasteiger partial charge in [-0.3, -0.25) is 14.4 Å². The van der Waals surface area contributed by atoms with Gasteiger partial charge in [-0.2, -0.15) is 0 Å². The van der Waals surface area contributed by atoms with E-state index in [9.17, 15) is 14.4 Å². The molecule has 6 heteroatoms. The second-order valence-electron chi connectivity index (χ2n) is 7.55. The molecule has 30 heavy (non-hydrogen) atoms. The largest absolute Gasteiger partial charge is 0.342 e. The number of para-hydroxylation sites is 1. The summed E-state index contributed by atoms with van der Waals surface area (Å²) in [7, 11) is 0. The van der Waals surface area contributed by atoms with E-state index in [2.05, 4.69) is 12.2 Å². The summed E-state index contributed by atoms with van der Waals surface area (Å²) in [6.07, 6.45) is 2.23. The fourth-order valence-corrected chi connectivity index (χ4v) is 3.66. The van der Waals surface area contributed by atoms with E-state index in [-0.39, 0.29) is 30.1 Å². The Bertz CT molecular complexity index is 880. The quantitative estimate of drug-likeness (QED) is 0.721. The minimum atomic E-state index is -0.329. The fraction of sp³-hybridized carbons (Fsp3) is 0.375.